The summed E-state index contributed by atoms with van der Waals surface area (Å²) in [6.07, 6.45) is 0.172. The third-order valence-electron chi connectivity index (χ3n) is 2.89. The first kappa shape index (κ1) is 12.3. The maximum absolute atomic E-state index is 5.58. The van der Waals surface area contributed by atoms with Crippen molar-refractivity contribution >= 4 is 23.3 Å². The summed E-state index contributed by atoms with van der Waals surface area (Å²) in [5.74, 6) is 0. The zero-order valence-corrected chi connectivity index (χ0v) is 11.3. The number of benzene rings is 1. The Morgan fingerprint density at radius 1 is 1.47 bits per heavy atom. The normalized spacial score (nSPS) is 13.1. The standard InChI is InChI=1S/C13H18N2OS/c1-4-16-10(3)8-15-12-9(2)6-5-7-11(12)14-13(15)17/h5-7,10H,4,8H2,1-3H3,(H,14,17). The summed E-state index contributed by atoms with van der Waals surface area (Å²) in [5.41, 5.74) is 3.52. The fourth-order valence-electron chi connectivity index (χ4n) is 2.17. The molecule has 0 fully saturated rings. The number of nitrogens with zero attached hydrogens (tertiary/aromatic N) is 1. The lowest BCUT2D eigenvalue weighted by molar-refractivity contribution is 0.0645. The summed E-state index contributed by atoms with van der Waals surface area (Å²) in [7, 11) is 0. The summed E-state index contributed by atoms with van der Waals surface area (Å²) >= 11 is 5.37. The molecule has 1 aromatic carbocycles. The number of imidazole rings is 1. The molecule has 17 heavy (non-hydrogen) atoms. The summed E-state index contributed by atoms with van der Waals surface area (Å²) in [4.78, 5) is 3.24. The van der Waals surface area contributed by atoms with Crippen LogP contribution in [-0.4, -0.2) is 22.3 Å². The fraction of sp³-hybridized carbons (Fsp3) is 0.462. The zero-order valence-electron chi connectivity index (χ0n) is 10.5. The molecular formula is C13H18N2OS. The van der Waals surface area contributed by atoms with E-state index in [-0.39, 0.29) is 6.10 Å². The van der Waals surface area contributed by atoms with Gasteiger partial charge in [-0.15, -0.1) is 0 Å². The molecule has 0 saturated heterocycles. The Morgan fingerprint density at radius 3 is 2.94 bits per heavy atom. The first-order valence-electron chi connectivity index (χ1n) is 5.93. The minimum absolute atomic E-state index is 0.172. The van der Waals surface area contributed by atoms with Crippen LogP contribution in [0.5, 0.6) is 0 Å². The van der Waals surface area contributed by atoms with Gasteiger partial charge in [-0.25, -0.2) is 0 Å². The molecule has 0 amide bonds. The second kappa shape index (κ2) is 5.02. The number of nitrogens with one attached hydrogen (secondary N) is 1. The molecule has 4 heteroatoms. The molecule has 0 aliphatic carbocycles. The minimum atomic E-state index is 0.172. The average molecular weight is 250 g/mol. The summed E-state index contributed by atoms with van der Waals surface area (Å²) in [5, 5.41) is 0. The molecule has 0 bridgehead atoms. The van der Waals surface area contributed by atoms with Crippen molar-refractivity contribution in [2.24, 2.45) is 0 Å². The molecule has 0 spiro atoms. The smallest absolute Gasteiger partial charge is 0.178 e. The SMILES string of the molecule is CCOC(C)Cn1c(=S)[nH]c2cccc(C)c21. The Hall–Kier alpha value is -1.13. The van der Waals surface area contributed by atoms with Gasteiger partial charge in [0.15, 0.2) is 4.77 Å². The number of hydrogen-bond donors (Lipinski definition) is 1. The van der Waals surface area contributed by atoms with E-state index in [0.717, 1.165) is 23.4 Å². The molecule has 0 radical (unpaired) electrons. The number of ether oxygens (including phenoxy) is 1. The van der Waals surface area contributed by atoms with Crippen LogP contribution in [0.15, 0.2) is 18.2 Å². The molecule has 0 saturated carbocycles. The van der Waals surface area contributed by atoms with Gasteiger partial charge in [0, 0.05) is 6.61 Å². The van der Waals surface area contributed by atoms with Gasteiger partial charge in [-0.05, 0) is 44.6 Å². The molecular weight excluding hydrogens is 232 g/mol. The number of aromatic nitrogens is 2. The van der Waals surface area contributed by atoms with Crippen molar-refractivity contribution in [3.8, 4) is 0 Å². The van der Waals surface area contributed by atoms with E-state index in [0.29, 0.717) is 0 Å². The number of aryl methyl sites for hydroxylation is 1. The highest BCUT2D eigenvalue weighted by molar-refractivity contribution is 7.71. The second-order valence-electron chi connectivity index (χ2n) is 4.28. The van der Waals surface area contributed by atoms with E-state index in [1.165, 1.54) is 11.1 Å². The maximum Gasteiger partial charge on any atom is 0.178 e. The molecule has 1 aromatic heterocycles. The van der Waals surface area contributed by atoms with Crippen LogP contribution in [0.4, 0.5) is 0 Å². The Balaban J connectivity index is 2.46. The van der Waals surface area contributed by atoms with E-state index >= 15 is 0 Å². The second-order valence-corrected chi connectivity index (χ2v) is 4.66. The molecule has 1 atom stereocenters. The molecule has 2 rings (SSSR count). The number of rotatable bonds is 4. The highest BCUT2D eigenvalue weighted by Gasteiger charge is 2.09. The van der Waals surface area contributed by atoms with Gasteiger partial charge in [-0.1, -0.05) is 12.1 Å². The van der Waals surface area contributed by atoms with Crippen LogP contribution in [0.2, 0.25) is 0 Å². The summed E-state index contributed by atoms with van der Waals surface area (Å²) in [6.45, 7) is 7.71. The lowest BCUT2D eigenvalue weighted by Gasteiger charge is -2.13. The predicted octanol–water partition coefficient (Wildman–Crippen LogP) is 3.43. The van der Waals surface area contributed by atoms with E-state index < -0.39 is 0 Å². The minimum Gasteiger partial charge on any atom is -0.377 e. The van der Waals surface area contributed by atoms with Gasteiger partial charge >= 0.3 is 0 Å². The van der Waals surface area contributed by atoms with Gasteiger partial charge in [-0.3, -0.25) is 0 Å². The van der Waals surface area contributed by atoms with Crippen LogP contribution in [0.3, 0.4) is 0 Å². The molecule has 92 valence electrons. The largest absolute Gasteiger partial charge is 0.377 e. The fourth-order valence-corrected chi connectivity index (χ4v) is 2.45. The van der Waals surface area contributed by atoms with E-state index in [9.17, 15) is 0 Å². The Morgan fingerprint density at radius 2 is 2.24 bits per heavy atom. The molecule has 1 N–H and O–H groups in total. The van der Waals surface area contributed by atoms with E-state index in [4.69, 9.17) is 17.0 Å². The van der Waals surface area contributed by atoms with Crippen molar-refractivity contribution in [1.29, 1.82) is 0 Å². The Labute approximate surface area is 106 Å². The highest BCUT2D eigenvalue weighted by Crippen LogP contribution is 2.18. The first-order chi connectivity index (χ1) is 8.13. The van der Waals surface area contributed by atoms with E-state index in [1.807, 2.05) is 13.0 Å². The molecule has 1 heterocycles. The van der Waals surface area contributed by atoms with Crippen molar-refractivity contribution in [1.82, 2.24) is 9.55 Å². The van der Waals surface area contributed by atoms with E-state index in [2.05, 4.69) is 35.5 Å². The first-order valence-corrected chi connectivity index (χ1v) is 6.34. The van der Waals surface area contributed by atoms with Gasteiger partial charge in [0.2, 0.25) is 0 Å². The van der Waals surface area contributed by atoms with E-state index in [1.54, 1.807) is 0 Å². The molecule has 2 aromatic rings. The third-order valence-corrected chi connectivity index (χ3v) is 3.21. The Kier molecular flexibility index (Phi) is 3.64. The van der Waals surface area contributed by atoms with Crippen molar-refractivity contribution < 1.29 is 4.74 Å². The molecule has 1 unspecified atom stereocenters. The topological polar surface area (TPSA) is 29.9 Å². The average Bonchev–Trinajstić information content (AvgIpc) is 2.57. The van der Waals surface area contributed by atoms with Crippen LogP contribution in [-0.2, 0) is 11.3 Å². The lowest BCUT2D eigenvalue weighted by atomic mass is 10.2. The monoisotopic (exact) mass is 250 g/mol. The van der Waals surface area contributed by atoms with Gasteiger partial charge in [-0.2, -0.15) is 0 Å². The lowest BCUT2D eigenvalue weighted by Crippen LogP contribution is -2.16. The van der Waals surface area contributed by atoms with Crippen LogP contribution >= 0.6 is 12.2 Å². The van der Waals surface area contributed by atoms with Crippen LogP contribution in [0.25, 0.3) is 11.0 Å². The quantitative estimate of drug-likeness (QED) is 0.842. The summed E-state index contributed by atoms with van der Waals surface area (Å²) < 4.78 is 8.47. The number of hydrogen-bond acceptors (Lipinski definition) is 2. The zero-order chi connectivity index (χ0) is 12.4. The van der Waals surface area contributed by atoms with Crippen molar-refractivity contribution in [3.63, 3.8) is 0 Å². The number of fused-ring (bicyclic) bond motifs is 1. The number of H-pyrrole nitrogens is 1. The van der Waals surface area contributed by atoms with Gasteiger partial charge < -0.3 is 14.3 Å². The molecule has 3 nitrogen and oxygen atoms in total. The van der Waals surface area contributed by atoms with Crippen molar-refractivity contribution in [2.75, 3.05) is 6.61 Å². The number of para-hydroxylation sites is 1. The maximum atomic E-state index is 5.58. The van der Waals surface area contributed by atoms with Crippen LogP contribution in [0.1, 0.15) is 19.4 Å². The van der Waals surface area contributed by atoms with Crippen LogP contribution < -0.4 is 0 Å². The third kappa shape index (κ3) is 2.42. The predicted molar refractivity (Wildman–Crippen MR) is 72.9 cm³/mol. The van der Waals surface area contributed by atoms with Gasteiger partial charge in [0.1, 0.15) is 0 Å². The van der Waals surface area contributed by atoms with Crippen LogP contribution in [0, 0.1) is 11.7 Å². The molecule has 0 aliphatic heterocycles. The Bertz CT molecular complexity index is 570. The van der Waals surface area contributed by atoms with Gasteiger partial charge in [0.25, 0.3) is 0 Å². The summed E-state index contributed by atoms with van der Waals surface area (Å²) in [6, 6.07) is 6.20. The van der Waals surface area contributed by atoms with Crippen molar-refractivity contribution in [3.05, 3.63) is 28.5 Å². The number of aromatic amines is 1. The highest BCUT2D eigenvalue weighted by atomic mass is 32.1. The van der Waals surface area contributed by atoms with Crippen molar-refractivity contribution in [2.45, 2.75) is 33.4 Å². The van der Waals surface area contributed by atoms with Gasteiger partial charge in [0.05, 0.1) is 23.7 Å². The molecule has 0 aliphatic rings.